The lowest BCUT2D eigenvalue weighted by atomic mass is 10.1. The van der Waals surface area contributed by atoms with Crippen LogP contribution < -0.4 is 10.1 Å². The van der Waals surface area contributed by atoms with Gasteiger partial charge in [0.25, 0.3) is 0 Å². The number of nitrogens with zero attached hydrogens (tertiary/aromatic N) is 2. The lowest BCUT2D eigenvalue weighted by Gasteiger charge is -2.10. The highest BCUT2D eigenvalue weighted by Gasteiger charge is 2.20. The molecule has 0 bridgehead atoms. The quantitative estimate of drug-likeness (QED) is 0.890. The molecule has 0 saturated heterocycles. The van der Waals surface area contributed by atoms with Crippen LogP contribution in [-0.2, 0) is 6.54 Å². The second kappa shape index (κ2) is 6.12. The molecular weight excluding hydrogens is 330 g/mol. The van der Waals surface area contributed by atoms with E-state index in [2.05, 4.69) is 31.2 Å². The van der Waals surface area contributed by atoms with Gasteiger partial charge in [0, 0.05) is 23.3 Å². The fourth-order valence-corrected chi connectivity index (χ4v) is 2.37. The van der Waals surface area contributed by atoms with Crippen molar-refractivity contribution in [3.8, 4) is 11.6 Å². The van der Waals surface area contributed by atoms with E-state index in [1.165, 1.54) is 12.8 Å². The summed E-state index contributed by atoms with van der Waals surface area (Å²) >= 11 is 3.56. The predicted molar refractivity (Wildman–Crippen MR) is 85.6 cm³/mol. The Hall–Kier alpha value is -1.46. The molecule has 1 aromatic carbocycles. The Morgan fingerprint density at radius 2 is 1.95 bits per heavy atom. The summed E-state index contributed by atoms with van der Waals surface area (Å²) in [6, 6.07) is 4.65. The summed E-state index contributed by atoms with van der Waals surface area (Å²) in [6.45, 7) is 4.84. The number of rotatable bonds is 5. The van der Waals surface area contributed by atoms with Crippen molar-refractivity contribution in [1.82, 2.24) is 15.3 Å². The minimum absolute atomic E-state index is 0.534. The fraction of sp³-hybridized carbons (Fsp3) is 0.375. The minimum Gasteiger partial charge on any atom is -0.437 e. The van der Waals surface area contributed by atoms with Crippen LogP contribution >= 0.6 is 15.9 Å². The molecule has 5 heteroatoms. The Morgan fingerprint density at radius 1 is 1.24 bits per heavy atom. The molecule has 3 rings (SSSR count). The average molecular weight is 348 g/mol. The number of benzene rings is 1. The smallest absolute Gasteiger partial charge is 0.238 e. The van der Waals surface area contributed by atoms with Crippen LogP contribution in [0, 0.1) is 13.8 Å². The van der Waals surface area contributed by atoms with Crippen LogP contribution in [0.2, 0.25) is 0 Å². The van der Waals surface area contributed by atoms with Crippen molar-refractivity contribution in [2.75, 3.05) is 0 Å². The van der Waals surface area contributed by atoms with Gasteiger partial charge in [-0.1, -0.05) is 15.9 Å². The zero-order chi connectivity index (χ0) is 14.8. The number of aryl methyl sites for hydroxylation is 2. The van der Waals surface area contributed by atoms with Gasteiger partial charge < -0.3 is 10.1 Å². The fourth-order valence-electron chi connectivity index (χ4n) is 2.14. The van der Waals surface area contributed by atoms with Gasteiger partial charge in [-0.2, -0.15) is 0 Å². The SMILES string of the molecule is Cc1cc(Oc2cncc(CNC3CC3)n2)cc(C)c1Br. The van der Waals surface area contributed by atoms with E-state index in [4.69, 9.17) is 4.74 Å². The number of nitrogens with one attached hydrogen (secondary N) is 1. The first-order valence-corrected chi connectivity index (χ1v) is 7.90. The molecule has 2 aromatic rings. The second-order valence-electron chi connectivity index (χ2n) is 5.48. The van der Waals surface area contributed by atoms with Gasteiger partial charge in [-0.3, -0.25) is 4.98 Å². The number of ether oxygens (including phenoxy) is 1. The molecule has 0 radical (unpaired) electrons. The number of hydrogen-bond acceptors (Lipinski definition) is 4. The predicted octanol–water partition coefficient (Wildman–Crippen LogP) is 3.90. The van der Waals surface area contributed by atoms with Crippen LogP contribution in [0.15, 0.2) is 29.0 Å². The van der Waals surface area contributed by atoms with Crippen molar-refractivity contribution in [3.05, 3.63) is 45.8 Å². The third-order valence-corrected chi connectivity index (χ3v) is 4.69. The summed E-state index contributed by atoms with van der Waals surface area (Å²) in [7, 11) is 0. The number of hydrogen-bond donors (Lipinski definition) is 1. The summed E-state index contributed by atoms with van der Waals surface area (Å²) in [5, 5.41) is 3.43. The molecule has 0 amide bonds. The molecule has 1 aliphatic carbocycles. The molecular formula is C16H18BrN3O. The first-order chi connectivity index (χ1) is 10.1. The second-order valence-corrected chi connectivity index (χ2v) is 6.27. The van der Waals surface area contributed by atoms with Crippen molar-refractivity contribution >= 4 is 15.9 Å². The largest absolute Gasteiger partial charge is 0.437 e. The van der Waals surface area contributed by atoms with Gasteiger partial charge in [-0.15, -0.1) is 0 Å². The lowest BCUT2D eigenvalue weighted by molar-refractivity contribution is 0.455. The van der Waals surface area contributed by atoms with E-state index in [9.17, 15) is 0 Å². The Labute approximate surface area is 133 Å². The van der Waals surface area contributed by atoms with E-state index in [0.29, 0.717) is 11.9 Å². The average Bonchev–Trinajstić information content (AvgIpc) is 3.27. The molecule has 1 N–H and O–H groups in total. The maximum absolute atomic E-state index is 5.84. The molecule has 0 atom stereocenters. The molecule has 0 unspecified atom stereocenters. The van der Waals surface area contributed by atoms with E-state index in [1.807, 2.05) is 26.0 Å². The van der Waals surface area contributed by atoms with E-state index >= 15 is 0 Å². The minimum atomic E-state index is 0.534. The molecule has 1 fully saturated rings. The van der Waals surface area contributed by atoms with Crippen LogP contribution in [0.1, 0.15) is 29.7 Å². The Kier molecular flexibility index (Phi) is 4.22. The van der Waals surface area contributed by atoms with Crippen LogP contribution in [0.3, 0.4) is 0 Å². The standard InChI is InChI=1S/C16H18BrN3O/c1-10-5-14(6-11(2)16(10)17)21-15-9-18-7-13(20-15)8-19-12-3-4-12/h5-7,9,12,19H,3-4,8H2,1-2H3. The van der Waals surface area contributed by atoms with Crippen molar-refractivity contribution in [2.45, 2.75) is 39.3 Å². The summed E-state index contributed by atoms with van der Waals surface area (Å²) in [5.74, 6) is 1.32. The van der Waals surface area contributed by atoms with Crippen molar-refractivity contribution in [2.24, 2.45) is 0 Å². The molecule has 21 heavy (non-hydrogen) atoms. The van der Waals surface area contributed by atoms with E-state index in [-0.39, 0.29) is 0 Å². The third-order valence-electron chi connectivity index (χ3n) is 3.44. The van der Waals surface area contributed by atoms with Gasteiger partial charge >= 0.3 is 0 Å². The molecule has 4 nitrogen and oxygen atoms in total. The normalized spacial score (nSPS) is 14.2. The van der Waals surface area contributed by atoms with Crippen molar-refractivity contribution in [3.63, 3.8) is 0 Å². The molecule has 110 valence electrons. The zero-order valence-corrected chi connectivity index (χ0v) is 13.8. The molecule has 1 aromatic heterocycles. The highest BCUT2D eigenvalue weighted by atomic mass is 79.9. The maximum Gasteiger partial charge on any atom is 0.238 e. The maximum atomic E-state index is 5.84. The van der Waals surface area contributed by atoms with Gasteiger partial charge in [0.1, 0.15) is 5.75 Å². The molecule has 1 heterocycles. The Bertz CT molecular complexity index is 633. The van der Waals surface area contributed by atoms with E-state index < -0.39 is 0 Å². The van der Waals surface area contributed by atoms with Gasteiger partial charge in [0.2, 0.25) is 5.88 Å². The number of aromatic nitrogens is 2. The Morgan fingerprint density at radius 3 is 2.62 bits per heavy atom. The summed E-state index contributed by atoms with van der Waals surface area (Å²) in [4.78, 5) is 8.70. The highest BCUT2D eigenvalue weighted by molar-refractivity contribution is 9.10. The van der Waals surface area contributed by atoms with Gasteiger partial charge in [0.05, 0.1) is 11.9 Å². The number of halogens is 1. The first kappa shape index (κ1) is 14.5. The first-order valence-electron chi connectivity index (χ1n) is 7.11. The van der Waals surface area contributed by atoms with E-state index in [1.54, 1.807) is 12.4 Å². The van der Waals surface area contributed by atoms with Gasteiger partial charge in [-0.05, 0) is 49.9 Å². The molecule has 0 spiro atoms. The van der Waals surface area contributed by atoms with Crippen LogP contribution in [0.25, 0.3) is 0 Å². The van der Waals surface area contributed by atoms with Crippen LogP contribution in [0.4, 0.5) is 0 Å². The van der Waals surface area contributed by atoms with Crippen LogP contribution in [0.5, 0.6) is 11.6 Å². The summed E-state index contributed by atoms with van der Waals surface area (Å²) < 4.78 is 6.95. The Balaban J connectivity index is 1.73. The zero-order valence-electron chi connectivity index (χ0n) is 12.2. The van der Waals surface area contributed by atoms with Gasteiger partial charge in [0.15, 0.2) is 0 Å². The monoisotopic (exact) mass is 347 g/mol. The molecule has 0 aliphatic heterocycles. The summed E-state index contributed by atoms with van der Waals surface area (Å²) in [6.07, 6.45) is 5.95. The highest BCUT2D eigenvalue weighted by Crippen LogP contribution is 2.28. The van der Waals surface area contributed by atoms with Crippen molar-refractivity contribution < 1.29 is 4.74 Å². The molecule has 1 saturated carbocycles. The van der Waals surface area contributed by atoms with Gasteiger partial charge in [-0.25, -0.2) is 4.98 Å². The summed E-state index contributed by atoms with van der Waals surface area (Å²) in [5.41, 5.74) is 3.19. The third kappa shape index (κ3) is 3.80. The lowest BCUT2D eigenvalue weighted by Crippen LogP contribution is -2.16. The van der Waals surface area contributed by atoms with Crippen molar-refractivity contribution in [1.29, 1.82) is 0 Å². The molecule has 1 aliphatic rings. The topological polar surface area (TPSA) is 47.0 Å². The van der Waals surface area contributed by atoms with Crippen LogP contribution in [-0.4, -0.2) is 16.0 Å². The van der Waals surface area contributed by atoms with E-state index in [0.717, 1.165) is 33.6 Å².